The Morgan fingerprint density at radius 1 is 0.771 bits per heavy atom. The number of hydrazine groups is 1. The van der Waals surface area contributed by atoms with Gasteiger partial charge in [0.15, 0.2) is 6.04 Å². The predicted octanol–water partition coefficient (Wildman–Crippen LogP) is 4.67. The van der Waals surface area contributed by atoms with Gasteiger partial charge in [-0.3, -0.25) is 24.1 Å². The normalized spacial score (nSPS) is 16.4. The van der Waals surface area contributed by atoms with Gasteiger partial charge in [0.25, 0.3) is 17.7 Å². The zero-order chi connectivity index (χ0) is 34.4. The van der Waals surface area contributed by atoms with Crippen LogP contribution in [-0.2, 0) is 41.8 Å². The molecular weight excluding hydrogens is 618 g/mol. The van der Waals surface area contributed by atoms with Crippen LogP contribution in [0.25, 0.3) is 0 Å². The van der Waals surface area contributed by atoms with E-state index in [4.69, 9.17) is 14.2 Å². The van der Waals surface area contributed by atoms with Crippen molar-refractivity contribution in [2.45, 2.75) is 70.9 Å². The summed E-state index contributed by atoms with van der Waals surface area (Å²) in [6.45, 7) is 4.79. The van der Waals surface area contributed by atoms with Crippen LogP contribution in [0, 0.1) is 0 Å². The number of benzene rings is 3. The van der Waals surface area contributed by atoms with E-state index in [1.54, 1.807) is 81.4 Å². The summed E-state index contributed by atoms with van der Waals surface area (Å²) in [4.78, 5) is 82.4. The minimum absolute atomic E-state index is 0.00897. The van der Waals surface area contributed by atoms with Crippen LogP contribution in [0.1, 0.15) is 71.9 Å². The molecule has 0 N–H and O–H groups in total. The molecule has 4 amide bonds. The van der Waals surface area contributed by atoms with E-state index in [0.717, 1.165) is 20.5 Å². The third kappa shape index (κ3) is 7.71. The van der Waals surface area contributed by atoms with Crippen LogP contribution in [0.15, 0.2) is 84.9 Å². The minimum atomic E-state index is -1.57. The quantitative estimate of drug-likeness (QED) is 0.173. The summed E-state index contributed by atoms with van der Waals surface area (Å²) in [5, 5.41) is 1.89. The molecule has 0 aromatic heterocycles. The van der Waals surface area contributed by atoms with Crippen molar-refractivity contribution in [1.82, 2.24) is 14.9 Å². The Labute approximate surface area is 278 Å². The predicted molar refractivity (Wildman–Crippen MR) is 171 cm³/mol. The number of imide groups is 1. The highest BCUT2D eigenvalue weighted by molar-refractivity contribution is 6.23. The molecule has 0 spiro atoms. The molecular formula is C36H37N3O9. The third-order valence-electron chi connectivity index (χ3n) is 7.78. The highest BCUT2D eigenvalue weighted by Gasteiger charge is 2.51. The summed E-state index contributed by atoms with van der Waals surface area (Å²) < 4.78 is 16.5. The maximum absolute atomic E-state index is 14.6. The Balaban J connectivity index is 1.44. The lowest BCUT2D eigenvalue weighted by Crippen LogP contribution is -2.59. The lowest BCUT2D eigenvalue weighted by molar-refractivity contribution is -0.171. The smallest absolute Gasteiger partial charge is 0.429 e. The number of carbonyl (C=O) groups excluding carboxylic acids is 6. The molecule has 2 aliphatic heterocycles. The molecule has 2 aliphatic rings. The van der Waals surface area contributed by atoms with Crippen molar-refractivity contribution in [2.24, 2.45) is 0 Å². The molecule has 1 saturated heterocycles. The molecule has 48 heavy (non-hydrogen) atoms. The highest BCUT2D eigenvalue weighted by Crippen LogP contribution is 2.31. The van der Waals surface area contributed by atoms with Crippen LogP contribution in [-0.4, -0.2) is 74.9 Å². The maximum Gasteiger partial charge on any atom is 0.429 e. The molecule has 3 aromatic carbocycles. The van der Waals surface area contributed by atoms with Gasteiger partial charge in [-0.15, -0.1) is 0 Å². The molecule has 0 aliphatic carbocycles. The molecule has 0 radical (unpaired) electrons. The van der Waals surface area contributed by atoms with E-state index < -0.39 is 53.4 Å². The number of hydrogen-bond donors (Lipinski definition) is 0. The van der Waals surface area contributed by atoms with Crippen LogP contribution in [0.3, 0.4) is 0 Å². The number of esters is 2. The second-order valence-electron chi connectivity index (χ2n) is 12.4. The number of rotatable bonds is 10. The Kier molecular flexibility index (Phi) is 10.2. The summed E-state index contributed by atoms with van der Waals surface area (Å²) in [5.41, 5.74) is 0.718. The molecule has 2 heterocycles. The summed E-state index contributed by atoms with van der Waals surface area (Å²) in [6.07, 6.45) is -1.58. The Bertz CT molecular complexity index is 1650. The average molecular weight is 656 g/mol. The molecule has 2 atom stereocenters. The summed E-state index contributed by atoms with van der Waals surface area (Å²) in [5.74, 6) is -3.85. The standard InChI is InChI=1S/C36H37N3O9/c1-36(2,3)48-34(44)29-20-21-37(35(45)47-23-25-14-8-5-9-15-25)39(29)33(43)28(18-19-30(40)46-22-24-12-6-4-7-13-24)38-31(41)26-16-10-11-17-27(26)32(38)42/h4-17,28-29H,18-23H2,1-3H3. The van der Waals surface area contributed by atoms with Gasteiger partial charge in [0.1, 0.15) is 24.9 Å². The molecule has 12 heteroatoms. The summed E-state index contributed by atoms with van der Waals surface area (Å²) >= 11 is 0. The molecule has 0 saturated carbocycles. The molecule has 12 nitrogen and oxygen atoms in total. The number of carbonyl (C=O) groups is 6. The molecule has 5 rings (SSSR count). The van der Waals surface area contributed by atoms with Crippen molar-refractivity contribution in [3.63, 3.8) is 0 Å². The first-order valence-corrected chi connectivity index (χ1v) is 15.6. The van der Waals surface area contributed by atoms with Gasteiger partial charge in [0.2, 0.25) is 0 Å². The third-order valence-corrected chi connectivity index (χ3v) is 7.78. The zero-order valence-corrected chi connectivity index (χ0v) is 27.0. The lowest BCUT2D eigenvalue weighted by atomic mass is 10.1. The van der Waals surface area contributed by atoms with E-state index in [1.807, 2.05) is 12.1 Å². The SMILES string of the molecule is CC(C)(C)OC(=O)C1CCN(C(=O)OCc2ccccc2)N1C(=O)C(CCC(=O)OCc1ccccc1)N1C(=O)c2ccccc2C1=O. The van der Waals surface area contributed by atoms with E-state index in [0.29, 0.717) is 5.56 Å². The molecule has 250 valence electrons. The lowest BCUT2D eigenvalue weighted by Gasteiger charge is -2.36. The fraction of sp³-hybridized carbons (Fsp3) is 0.333. The minimum Gasteiger partial charge on any atom is -0.461 e. The monoisotopic (exact) mass is 655 g/mol. The van der Waals surface area contributed by atoms with Crippen molar-refractivity contribution in [3.05, 3.63) is 107 Å². The average Bonchev–Trinajstić information content (AvgIpc) is 3.63. The van der Waals surface area contributed by atoms with Gasteiger partial charge in [-0.25, -0.2) is 19.6 Å². The Hall–Kier alpha value is -5.52. The molecule has 2 unspecified atom stereocenters. The number of amides is 4. The van der Waals surface area contributed by atoms with Gasteiger partial charge in [-0.05, 0) is 50.5 Å². The molecule has 3 aromatic rings. The van der Waals surface area contributed by atoms with Crippen LogP contribution < -0.4 is 0 Å². The summed E-state index contributed by atoms with van der Waals surface area (Å²) in [7, 11) is 0. The van der Waals surface area contributed by atoms with Crippen molar-refractivity contribution < 1.29 is 43.0 Å². The Morgan fingerprint density at radius 3 is 1.83 bits per heavy atom. The van der Waals surface area contributed by atoms with Gasteiger partial charge in [0.05, 0.1) is 11.1 Å². The second-order valence-corrected chi connectivity index (χ2v) is 12.4. The largest absolute Gasteiger partial charge is 0.461 e. The topological polar surface area (TPSA) is 140 Å². The van der Waals surface area contributed by atoms with Crippen LogP contribution in [0.5, 0.6) is 0 Å². The Morgan fingerprint density at radius 2 is 1.29 bits per heavy atom. The fourth-order valence-electron chi connectivity index (χ4n) is 5.55. The van der Waals surface area contributed by atoms with Crippen molar-refractivity contribution in [1.29, 1.82) is 0 Å². The first kappa shape index (κ1) is 33.8. The second kappa shape index (κ2) is 14.5. The zero-order valence-electron chi connectivity index (χ0n) is 27.0. The molecule has 0 bridgehead atoms. The number of nitrogens with zero attached hydrogens (tertiary/aromatic N) is 3. The van der Waals surface area contributed by atoms with Crippen molar-refractivity contribution >= 4 is 35.8 Å². The first-order chi connectivity index (χ1) is 22.9. The van der Waals surface area contributed by atoms with Crippen molar-refractivity contribution in [2.75, 3.05) is 6.54 Å². The number of fused-ring (bicyclic) bond motifs is 1. The van der Waals surface area contributed by atoms with Gasteiger partial charge < -0.3 is 14.2 Å². The van der Waals surface area contributed by atoms with Crippen molar-refractivity contribution in [3.8, 4) is 0 Å². The number of hydrogen-bond acceptors (Lipinski definition) is 9. The molecule has 1 fully saturated rings. The van der Waals surface area contributed by atoms with E-state index in [2.05, 4.69) is 0 Å². The van der Waals surface area contributed by atoms with E-state index in [1.165, 1.54) is 12.1 Å². The van der Waals surface area contributed by atoms with Gasteiger partial charge >= 0.3 is 18.0 Å². The van der Waals surface area contributed by atoms with Gasteiger partial charge in [-0.2, -0.15) is 0 Å². The fourth-order valence-corrected chi connectivity index (χ4v) is 5.55. The van der Waals surface area contributed by atoms with E-state index in [-0.39, 0.29) is 50.1 Å². The van der Waals surface area contributed by atoms with Gasteiger partial charge in [0, 0.05) is 19.4 Å². The van der Waals surface area contributed by atoms with E-state index in [9.17, 15) is 28.8 Å². The number of ether oxygens (including phenoxy) is 3. The van der Waals surface area contributed by atoms with Crippen LogP contribution in [0.2, 0.25) is 0 Å². The van der Waals surface area contributed by atoms with Crippen LogP contribution in [0.4, 0.5) is 4.79 Å². The first-order valence-electron chi connectivity index (χ1n) is 15.6. The van der Waals surface area contributed by atoms with Gasteiger partial charge in [-0.1, -0.05) is 72.8 Å². The maximum atomic E-state index is 14.6. The highest BCUT2D eigenvalue weighted by atomic mass is 16.6. The van der Waals surface area contributed by atoms with E-state index >= 15 is 0 Å². The van der Waals surface area contributed by atoms with Crippen LogP contribution >= 0.6 is 0 Å². The summed E-state index contributed by atoms with van der Waals surface area (Å²) in [6, 6.07) is 21.2.